The van der Waals surface area contributed by atoms with E-state index in [0.717, 1.165) is 13.0 Å². The summed E-state index contributed by atoms with van der Waals surface area (Å²) in [4.78, 5) is 0. The van der Waals surface area contributed by atoms with Crippen molar-refractivity contribution < 1.29 is 0 Å². The van der Waals surface area contributed by atoms with Gasteiger partial charge in [0.25, 0.3) is 0 Å². The molecule has 0 atom stereocenters. The predicted molar refractivity (Wildman–Crippen MR) is 42.7 cm³/mol. The molecule has 0 radical (unpaired) electrons. The van der Waals surface area contributed by atoms with Crippen LogP contribution in [0.15, 0.2) is 11.6 Å². The zero-order valence-electron chi connectivity index (χ0n) is 6.02. The zero-order valence-corrected chi connectivity index (χ0v) is 6.78. The molecule has 0 aliphatic heterocycles. The van der Waals surface area contributed by atoms with E-state index in [0.29, 0.717) is 6.04 Å². The molecular weight excluding hydrogens is 134 g/mol. The van der Waals surface area contributed by atoms with Gasteiger partial charge in [-0.1, -0.05) is 31.5 Å². The molecule has 0 aliphatic rings. The molecule has 1 N–H and O–H groups in total. The predicted octanol–water partition coefficient (Wildman–Crippen LogP) is 2.13. The second-order valence-electron chi connectivity index (χ2n) is 2.26. The normalized spacial score (nSPS) is 11.6. The van der Waals surface area contributed by atoms with Crippen molar-refractivity contribution >= 4 is 11.6 Å². The Morgan fingerprint density at radius 1 is 1.56 bits per heavy atom. The zero-order chi connectivity index (χ0) is 7.11. The van der Waals surface area contributed by atoms with Crippen molar-refractivity contribution in [2.45, 2.75) is 26.3 Å². The van der Waals surface area contributed by atoms with Crippen LogP contribution in [0.25, 0.3) is 0 Å². The van der Waals surface area contributed by atoms with Crippen LogP contribution in [0.5, 0.6) is 0 Å². The molecule has 54 valence electrons. The first-order valence-corrected chi connectivity index (χ1v) is 3.69. The van der Waals surface area contributed by atoms with Crippen LogP contribution in [0.4, 0.5) is 0 Å². The molecule has 0 spiro atoms. The summed E-state index contributed by atoms with van der Waals surface area (Å²) < 4.78 is 0. The van der Waals surface area contributed by atoms with Crippen LogP contribution in [0.1, 0.15) is 20.3 Å². The maximum atomic E-state index is 5.31. The van der Waals surface area contributed by atoms with E-state index in [1.165, 1.54) is 0 Å². The van der Waals surface area contributed by atoms with Gasteiger partial charge in [-0.05, 0) is 13.0 Å². The van der Waals surface area contributed by atoms with Gasteiger partial charge >= 0.3 is 0 Å². The van der Waals surface area contributed by atoms with E-state index in [4.69, 9.17) is 11.6 Å². The van der Waals surface area contributed by atoms with Crippen LogP contribution in [0, 0.1) is 0 Å². The minimum absolute atomic E-state index is 0.578. The fourth-order valence-corrected chi connectivity index (χ4v) is 0.644. The van der Waals surface area contributed by atoms with Crippen molar-refractivity contribution in [3.05, 3.63) is 11.6 Å². The van der Waals surface area contributed by atoms with Gasteiger partial charge in [-0.3, -0.25) is 0 Å². The number of rotatable bonds is 4. The summed E-state index contributed by atoms with van der Waals surface area (Å²) >= 11 is 5.31. The summed E-state index contributed by atoms with van der Waals surface area (Å²) in [5.74, 6) is 0. The molecule has 0 unspecified atom stereocenters. The van der Waals surface area contributed by atoms with E-state index in [1.54, 1.807) is 5.54 Å². The summed E-state index contributed by atoms with van der Waals surface area (Å²) in [6.07, 6.45) is 2.96. The highest BCUT2D eigenvalue weighted by molar-refractivity contribution is 6.25. The summed E-state index contributed by atoms with van der Waals surface area (Å²) in [6.45, 7) is 5.27. The third-order valence-electron chi connectivity index (χ3n) is 0.953. The summed E-state index contributed by atoms with van der Waals surface area (Å²) in [5, 5.41) is 3.27. The van der Waals surface area contributed by atoms with Crippen molar-refractivity contribution in [3.63, 3.8) is 0 Å². The fraction of sp³-hybridized carbons (Fsp3) is 0.714. The van der Waals surface area contributed by atoms with Crippen molar-refractivity contribution in [1.29, 1.82) is 0 Å². The number of hydrogen-bond acceptors (Lipinski definition) is 1. The molecule has 0 aromatic heterocycles. The third kappa shape index (κ3) is 7.99. The quantitative estimate of drug-likeness (QED) is 0.601. The molecule has 0 saturated heterocycles. The van der Waals surface area contributed by atoms with E-state index in [2.05, 4.69) is 19.2 Å². The van der Waals surface area contributed by atoms with Crippen molar-refractivity contribution in [2.75, 3.05) is 6.54 Å². The van der Waals surface area contributed by atoms with Gasteiger partial charge in [-0.15, -0.1) is 0 Å². The first-order chi connectivity index (χ1) is 4.27. The molecule has 0 saturated carbocycles. The van der Waals surface area contributed by atoms with E-state index in [-0.39, 0.29) is 0 Å². The molecule has 0 aromatic rings. The summed E-state index contributed by atoms with van der Waals surface area (Å²) in [5.41, 5.74) is 1.56. The van der Waals surface area contributed by atoms with Gasteiger partial charge in [-0.25, -0.2) is 0 Å². The molecule has 2 heteroatoms. The molecule has 0 aromatic carbocycles. The average Bonchev–Trinajstić information content (AvgIpc) is 1.80. The Bertz CT molecular complexity index is 79.0. The van der Waals surface area contributed by atoms with Crippen molar-refractivity contribution in [3.8, 4) is 0 Å². The van der Waals surface area contributed by atoms with Gasteiger partial charge in [0, 0.05) is 11.6 Å². The van der Waals surface area contributed by atoms with E-state index in [1.807, 2.05) is 6.08 Å². The van der Waals surface area contributed by atoms with Gasteiger partial charge in [0.05, 0.1) is 0 Å². The van der Waals surface area contributed by atoms with Crippen molar-refractivity contribution in [1.82, 2.24) is 5.32 Å². The maximum absolute atomic E-state index is 5.31. The Balaban J connectivity index is 2.91. The number of nitrogens with one attached hydrogen (secondary N) is 1. The van der Waals surface area contributed by atoms with E-state index >= 15 is 0 Å². The first-order valence-electron chi connectivity index (χ1n) is 3.26. The van der Waals surface area contributed by atoms with E-state index in [9.17, 15) is 0 Å². The second kappa shape index (κ2) is 6.12. The van der Waals surface area contributed by atoms with Crippen LogP contribution >= 0.6 is 11.6 Å². The molecule has 9 heavy (non-hydrogen) atoms. The minimum Gasteiger partial charge on any atom is -0.314 e. The summed E-state index contributed by atoms with van der Waals surface area (Å²) in [7, 11) is 0. The molecule has 0 aliphatic carbocycles. The Labute approximate surface area is 62.1 Å². The second-order valence-corrected chi connectivity index (χ2v) is 2.51. The Morgan fingerprint density at radius 2 is 2.22 bits per heavy atom. The fourth-order valence-electron chi connectivity index (χ4n) is 0.518. The van der Waals surface area contributed by atoms with Gasteiger partial charge in [0.15, 0.2) is 0 Å². The van der Waals surface area contributed by atoms with E-state index < -0.39 is 0 Å². The molecule has 0 rings (SSSR count). The Morgan fingerprint density at radius 3 is 2.67 bits per heavy atom. The lowest BCUT2D eigenvalue weighted by Crippen LogP contribution is -2.23. The van der Waals surface area contributed by atoms with Gasteiger partial charge in [0.1, 0.15) is 0 Å². The highest BCUT2D eigenvalue weighted by atomic mass is 35.5. The van der Waals surface area contributed by atoms with Gasteiger partial charge in [-0.2, -0.15) is 0 Å². The molecular formula is C7H14ClN. The van der Waals surface area contributed by atoms with Crippen LogP contribution in [-0.2, 0) is 0 Å². The first kappa shape index (κ1) is 8.99. The third-order valence-corrected chi connectivity index (χ3v) is 1.13. The van der Waals surface area contributed by atoms with Gasteiger partial charge in [0.2, 0.25) is 0 Å². The monoisotopic (exact) mass is 147 g/mol. The average molecular weight is 148 g/mol. The van der Waals surface area contributed by atoms with Gasteiger partial charge < -0.3 is 5.32 Å². The number of hydrogen-bond donors (Lipinski definition) is 1. The minimum atomic E-state index is 0.578. The van der Waals surface area contributed by atoms with Crippen LogP contribution in [0.3, 0.4) is 0 Å². The molecule has 1 nitrogen and oxygen atoms in total. The Hall–Kier alpha value is -0.0100. The van der Waals surface area contributed by atoms with Crippen LogP contribution in [0.2, 0.25) is 0 Å². The van der Waals surface area contributed by atoms with Crippen LogP contribution in [-0.4, -0.2) is 12.6 Å². The van der Waals surface area contributed by atoms with Crippen LogP contribution < -0.4 is 5.32 Å². The lowest BCUT2D eigenvalue weighted by Gasteiger charge is -2.04. The lowest BCUT2D eigenvalue weighted by molar-refractivity contribution is 0.595. The molecule has 0 bridgehead atoms. The molecule has 0 heterocycles. The smallest absolute Gasteiger partial charge is 0.00105 e. The highest BCUT2D eigenvalue weighted by Crippen LogP contribution is 1.84. The SMILES string of the molecule is CC(C)NCC/C=C/Cl. The van der Waals surface area contributed by atoms with Crippen molar-refractivity contribution in [2.24, 2.45) is 0 Å². The largest absolute Gasteiger partial charge is 0.314 e. The lowest BCUT2D eigenvalue weighted by atomic mass is 10.3. The number of halogens is 1. The Kier molecular flexibility index (Phi) is 6.11. The molecule has 0 amide bonds. The topological polar surface area (TPSA) is 12.0 Å². The standard InChI is InChI=1S/C7H14ClN/c1-7(2)9-6-4-3-5-8/h3,5,7,9H,4,6H2,1-2H3/b5-3+. The molecule has 0 fully saturated rings. The maximum Gasteiger partial charge on any atom is 0.00105 e. The summed E-state index contributed by atoms with van der Waals surface area (Å²) in [6, 6.07) is 0.578. The highest BCUT2D eigenvalue weighted by Gasteiger charge is 1.87.